The van der Waals surface area contributed by atoms with Crippen molar-refractivity contribution < 1.29 is 9.59 Å². The Labute approximate surface area is 109 Å². The van der Waals surface area contributed by atoms with Gasteiger partial charge in [-0.25, -0.2) is 0 Å². The fraction of sp³-hybridized carbons (Fsp3) is 0.467. The Hall–Kier alpha value is -1.64. The summed E-state index contributed by atoms with van der Waals surface area (Å²) in [6, 6.07) is 10.0. The first-order valence-electron chi connectivity index (χ1n) is 6.37. The Kier molecular flexibility index (Phi) is 5.56. The molecule has 0 aliphatic rings. The molecule has 0 bridgehead atoms. The van der Waals surface area contributed by atoms with E-state index in [-0.39, 0.29) is 24.2 Å². The molecule has 1 unspecified atom stereocenters. The lowest BCUT2D eigenvalue weighted by Crippen LogP contribution is -2.38. The summed E-state index contributed by atoms with van der Waals surface area (Å²) in [4.78, 5) is 24.9. The van der Waals surface area contributed by atoms with Crippen LogP contribution in [0.4, 0.5) is 0 Å². The van der Waals surface area contributed by atoms with Crippen molar-refractivity contribution in [3.05, 3.63) is 35.9 Å². The number of amides is 1. The van der Waals surface area contributed by atoms with Crippen molar-refractivity contribution in [2.75, 3.05) is 0 Å². The zero-order valence-corrected chi connectivity index (χ0v) is 11.3. The van der Waals surface area contributed by atoms with Gasteiger partial charge in [-0.1, -0.05) is 37.3 Å². The Morgan fingerprint density at radius 2 is 1.83 bits per heavy atom. The van der Waals surface area contributed by atoms with E-state index in [0.717, 1.165) is 12.0 Å². The van der Waals surface area contributed by atoms with Crippen LogP contribution in [0.25, 0.3) is 0 Å². The third kappa shape index (κ3) is 4.32. The van der Waals surface area contributed by atoms with Gasteiger partial charge < -0.3 is 4.90 Å². The van der Waals surface area contributed by atoms with Gasteiger partial charge in [0.05, 0.1) is 6.42 Å². The van der Waals surface area contributed by atoms with E-state index in [1.807, 2.05) is 44.2 Å². The molecule has 1 rings (SSSR count). The summed E-state index contributed by atoms with van der Waals surface area (Å²) in [6.45, 7) is 6.09. The SMILES string of the molecule is CCC(C)N(Cc1ccccc1)C(=O)CC(C)=O. The molecule has 1 aromatic rings. The van der Waals surface area contributed by atoms with E-state index in [0.29, 0.717) is 6.54 Å². The van der Waals surface area contributed by atoms with Crippen LogP contribution in [0.15, 0.2) is 30.3 Å². The van der Waals surface area contributed by atoms with Crippen LogP contribution in [0, 0.1) is 0 Å². The summed E-state index contributed by atoms with van der Waals surface area (Å²) >= 11 is 0. The second-order valence-corrected chi connectivity index (χ2v) is 4.64. The molecule has 0 saturated carbocycles. The van der Waals surface area contributed by atoms with Crippen LogP contribution in [-0.2, 0) is 16.1 Å². The number of rotatable bonds is 6. The highest BCUT2D eigenvalue weighted by Gasteiger charge is 2.20. The summed E-state index contributed by atoms with van der Waals surface area (Å²) in [5, 5.41) is 0. The van der Waals surface area contributed by atoms with Crippen molar-refractivity contribution >= 4 is 11.7 Å². The molecule has 0 N–H and O–H groups in total. The van der Waals surface area contributed by atoms with Gasteiger partial charge >= 0.3 is 0 Å². The van der Waals surface area contributed by atoms with E-state index in [1.54, 1.807) is 4.90 Å². The van der Waals surface area contributed by atoms with Crippen LogP contribution in [-0.4, -0.2) is 22.6 Å². The molecule has 18 heavy (non-hydrogen) atoms. The zero-order chi connectivity index (χ0) is 13.5. The van der Waals surface area contributed by atoms with Crippen molar-refractivity contribution in [1.82, 2.24) is 4.90 Å². The molecule has 3 nitrogen and oxygen atoms in total. The smallest absolute Gasteiger partial charge is 0.230 e. The van der Waals surface area contributed by atoms with Crippen LogP contribution in [0.1, 0.15) is 39.2 Å². The molecule has 0 heterocycles. The van der Waals surface area contributed by atoms with Gasteiger partial charge in [-0.2, -0.15) is 0 Å². The molecule has 0 fully saturated rings. The van der Waals surface area contributed by atoms with E-state index < -0.39 is 0 Å². The molecule has 3 heteroatoms. The second kappa shape index (κ2) is 6.94. The standard InChI is InChI=1S/C15H21NO2/c1-4-12(2)16(15(18)10-13(3)17)11-14-8-6-5-7-9-14/h5-9,12H,4,10-11H2,1-3H3. The van der Waals surface area contributed by atoms with Gasteiger partial charge in [-0.15, -0.1) is 0 Å². The highest BCUT2D eigenvalue weighted by atomic mass is 16.2. The lowest BCUT2D eigenvalue weighted by molar-refractivity contribution is -0.137. The normalized spacial score (nSPS) is 11.9. The van der Waals surface area contributed by atoms with Crippen LogP contribution in [0.2, 0.25) is 0 Å². The highest BCUT2D eigenvalue weighted by molar-refractivity contribution is 5.96. The molecular formula is C15H21NO2. The molecule has 0 saturated heterocycles. The summed E-state index contributed by atoms with van der Waals surface area (Å²) in [6.07, 6.45) is 0.883. The topological polar surface area (TPSA) is 37.4 Å². The van der Waals surface area contributed by atoms with Crippen LogP contribution in [0.5, 0.6) is 0 Å². The van der Waals surface area contributed by atoms with Gasteiger partial charge in [0.2, 0.25) is 5.91 Å². The lowest BCUT2D eigenvalue weighted by Gasteiger charge is -2.28. The molecule has 1 aromatic carbocycles. The number of ketones is 1. The molecule has 0 radical (unpaired) electrons. The minimum absolute atomic E-state index is 0.00280. The number of Topliss-reactive ketones (excluding diaryl/α,β-unsaturated/α-hetero) is 1. The van der Waals surface area contributed by atoms with Crippen LogP contribution < -0.4 is 0 Å². The van der Waals surface area contributed by atoms with Gasteiger partial charge in [0.1, 0.15) is 5.78 Å². The average Bonchev–Trinajstić information content (AvgIpc) is 2.35. The number of hydrogen-bond donors (Lipinski definition) is 0. The zero-order valence-electron chi connectivity index (χ0n) is 11.3. The second-order valence-electron chi connectivity index (χ2n) is 4.64. The third-order valence-corrected chi connectivity index (χ3v) is 3.04. The Morgan fingerprint density at radius 1 is 1.22 bits per heavy atom. The number of hydrogen-bond acceptors (Lipinski definition) is 2. The fourth-order valence-electron chi connectivity index (χ4n) is 1.80. The lowest BCUT2D eigenvalue weighted by atomic mass is 10.1. The van der Waals surface area contributed by atoms with E-state index in [4.69, 9.17) is 0 Å². The number of benzene rings is 1. The number of nitrogens with zero attached hydrogens (tertiary/aromatic N) is 1. The quantitative estimate of drug-likeness (QED) is 0.725. The largest absolute Gasteiger partial charge is 0.335 e. The molecule has 0 spiro atoms. The van der Waals surface area contributed by atoms with Gasteiger partial charge in [-0.05, 0) is 25.8 Å². The number of carbonyl (C=O) groups is 2. The van der Waals surface area contributed by atoms with Gasteiger partial charge in [0.25, 0.3) is 0 Å². The Balaban J connectivity index is 2.79. The van der Waals surface area contributed by atoms with E-state index in [9.17, 15) is 9.59 Å². The monoisotopic (exact) mass is 247 g/mol. The number of carbonyl (C=O) groups excluding carboxylic acids is 2. The Morgan fingerprint density at radius 3 is 2.33 bits per heavy atom. The van der Waals surface area contributed by atoms with Crippen LogP contribution in [0.3, 0.4) is 0 Å². The first kappa shape index (κ1) is 14.4. The van der Waals surface area contributed by atoms with E-state index >= 15 is 0 Å². The maximum Gasteiger partial charge on any atom is 0.230 e. The van der Waals surface area contributed by atoms with Crippen molar-refractivity contribution in [1.29, 1.82) is 0 Å². The van der Waals surface area contributed by atoms with E-state index in [1.165, 1.54) is 6.92 Å². The highest BCUT2D eigenvalue weighted by Crippen LogP contribution is 2.12. The molecular weight excluding hydrogens is 226 g/mol. The first-order chi connectivity index (χ1) is 8.54. The van der Waals surface area contributed by atoms with Crippen molar-refractivity contribution in [2.24, 2.45) is 0 Å². The summed E-state index contributed by atoms with van der Waals surface area (Å²) in [5.74, 6) is -0.165. The van der Waals surface area contributed by atoms with Gasteiger partial charge in [0.15, 0.2) is 0 Å². The van der Waals surface area contributed by atoms with E-state index in [2.05, 4.69) is 0 Å². The minimum atomic E-state index is -0.0827. The summed E-state index contributed by atoms with van der Waals surface area (Å²) in [7, 11) is 0. The molecule has 0 aromatic heterocycles. The first-order valence-corrected chi connectivity index (χ1v) is 6.37. The maximum atomic E-state index is 12.1. The van der Waals surface area contributed by atoms with Crippen molar-refractivity contribution in [3.63, 3.8) is 0 Å². The predicted molar refractivity (Wildman–Crippen MR) is 72.0 cm³/mol. The average molecular weight is 247 g/mol. The fourth-order valence-corrected chi connectivity index (χ4v) is 1.80. The minimum Gasteiger partial charge on any atom is -0.335 e. The molecule has 0 aliphatic carbocycles. The molecule has 98 valence electrons. The summed E-state index contributed by atoms with van der Waals surface area (Å²) < 4.78 is 0. The summed E-state index contributed by atoms with van der Waals surface area (Å²) in [5.41, 5.74) is 1.09. The molecule has 0 aliphatic heterocycles. The molecule has 1 atom stereocenters. The van der Waals surface area contributed by atoms with Gasteiger partial charge in [0, 0.05) is 12.6 Å². The third-order valence-electron chi connectivity index (χ3n) is 3.04. The maximum absolute atomic E-state index is 12.1. The van der Waals surface area contributed by atoms with Crippen molar-refractivity contribution in [2.45, 2.75) is 46.2 Å². The van der Waals surface area contributed by atoms with Crippen LogP contribution >= 0.6 is 0 Å². The predicted octanol–water partition coefficient (Wildman–Crippen LogP) is 2.79. The van der Waals surface area contributed by atoms with Gasteiger partial charge in [-0.3, -0.25) is 9.59 Å². The van der Waals surface area contributed by atoms with Crippen molar-refractivity contribution in [3.8, 4) is 0 Å². The molecule has 1 amide bonds. The Bertz CT molecular complexity index is 400.